The van der Waals surface area contributed by atoms with Gasteiger partial charge >= 0.3 is 0 Å². The largest absolute Gasteiger partial charge is 0.374 e. The van der Waals surface area contributed by atoms with Crippen LogP contribution in [0.2, 0.25) is 0 Å². The van der Waals surface area contributed by atoms with E-state index in [2.05, 4.69) is 9.82 Å². The molecular formula is C21H20N4O2S2. The lowest BCUT2D eigenvalue weighted by molar-refractivity contribution is 0.601. The molecule has 0 aliphatic rings. The lowest BCUT2D eigenvalue weighted by Gasteiger charge is -2.18. The number of nitrogens with two attached hydrogens (primary N) is 1. The second-order valence-corrected chi connectivity index (χ2v) is 8.27. The summed E-state index contributed by atoms with van der Waals surface area (Å²) in [7, 11) is -3.68. The third kappa shape index (κ3) is 5.18. The molecule has 0 aliphatic carbocycles. The summed E-state index contributed by atoms with van der Waals surface area (Å²) < 4.78 is 27.7. The van der Waals surface area contributed by atoms with Crippen LogP contribution < -0.4 is 15.5 Å². The average molecular weight is 425 g/mol. The van der Waals surface area contributed by atoms with Crippen molar-refractivity contribution in [3.63, 3.8) is 0 Å². The summed E-state index contributed by atoms with van der Waals surface area (Å²) in [5.41, 5.74) is 8.45. The van der Waals surface area contributed by atoms with Crippen molar-refractivity contribution in [1.29, 1.82) is 0 Å². The minimum Gasteiger partial charge on any atom is -0.374 e. The zero-order chi connectivity index (χ0) is 20.9. The Morgan fingerprint density at radius 2 is 1.48 bits per heavy atom. The average Bonchev–Trinajstić information content (AvgIpc) is 2.73. The number of hydrogen-bond acceptors (Lipinski definition) is 4. The summed E-state index contributed by atoms with van der Waals surface area (Å²) in [6.45, 7) is 1.81. The van der Waals surface area contributed by atoms with Crippen molar-refractivity contribution in [2.24, 2.45) is 10.8 Å². The van der Waals surface area contributed by atoms with E-state index in [1.807, 2.05) is 36.4 Å². The minimum absolute atomic E-state index is 0.113. The molecule has 3 aromatic rings. The van der Waals surface area contributed by atoms with Gasteiger partial charge in [-0.25, -0.2) is 13.4 Å². The van der Waals surface area contributed by atoms with Crippen molar-refractivity contribution in [2.75, 3.05) is 9.73 Å². The van der Waals surface area contributed by atoms with Crippen molar-refractivity contribution in [1.82, 2.24) is 0 Å². The molecule has 8 heteroatoms. The van der Waals surface area contributed by atoms with Gasteiger partial charge in [0.15, 0.2) is 5.11 Å². The normalized spacial score (nSPS) is 11.7. The Morgan fingerprint density at radius 3 is 2.03 bits per heavy atom. The highest BCUT2D eigenvalue weighted by molar-refractivity contribution is 7.92. The van der Waals surface area contributed by atoms with Crippen molar-refractivity contribution in [3.05, 3.63) is 90.5 Å². The maximum Gasteiger partial charge on any atom is 0.261 e. The molecule has 0 amide bonds. The van der Waals surface area contributed by atoms with E-state index in [1.165, 1.54) is 17.1 Å². The van der Waals surface area contributed by atoms with E-state index < -0.39 is 10.0 Å². The quantitative estimate of drug-likeness (QED) is 0.355. The van der Waals surface area contributed by atoms with Crippen LogP contribution in [0.15, 0.2) is 94.9 Å². The molecule has 0 fully saturated rings. The summed E-state index contributed by atoms with van der Waals surface area (Å²) in [6, 6.07) is 24.5. The number of thiocarbonyl (C=S) groups is 1. The van der Waals surface area contributed by atoms with Gasteiger partial charge in [-0.05, 0) is 61.1 Å². The van der Waals surface area contributed by atoms with Crippen LogP contribution >= 0.6 is 12.2 Å². The van der Waals surface area contributed by atoms with Gasteiger partial charge < -0.3 is 5.73 Å². The molecule has 0 aliphatic heterocycles. The van der Waals surface area contributed by atoms with Gasteiger partial charge in [0.1, 0.15) is 0 Å². The Kier molecular flexibility index (Phi) is 6.26. The summed E-state index contributed by atoms with van der Waals surface area (Å²) in [5, 5.41) is 6.07. The summed E-state index contributed by atoms with van der Waals surface area (Å²) in [4.78, 5) is 0.159. The number of rotatable bonds is 6. The second kappa shape index (κ2) is 8.85. The van der Waals surface area contributed by atoms with Crippen LogP contribution in [0.3, 0.4) is 0 Å². The molecule has 0 unspecified atom stereocenters. The van der Waals surface area contributed by atoms with E-state index >= 15 is 0 Å². The van der Waals surface area contributed by atoms with Gasteiger partial charge in [-0.1, -0.05) is 48.5 Å². The standard InChI is InChI=1S/C21H20N4O2S2/c1-16(23-25(21(22)28)19-10-6-3-7-11-19)17-12-14-20(15-13-17)29(26,27)24-18-8-4-2-5-9-18/h2-15,24H,1H3,(H2,22,28)/b23-16+. The zero-order valence-corrected chi connectivity index (χ0v) is 17.3. The molecule has 3 rings (SSSR count). The molecule has 6 nitrogen and oxygen atoms in total. The number of para-hydroxylation sites is 2. The summed E-state index contributed by atoms with van der Waals surface area (Å²) in [5.74, 6) is 0. The van der Waals surface area contributed by atoms with Crippen LogP contribution in [-0.4, -0.2) is 19.2 Å². The van der Waals surface area contributed by atoms with Crippen molar-refractivity contribution >= 4 is 44.4 Å². The lowest BCUT2D eigenvalue weighted by atomic mass is 10.1. The number of sulfonamides is 1. The predicted molar refractivity (Wildman–Crippen MR) is 122 cm³/mol. The molecule has 3 aromatic carbocycles. The first-order chi connectivity index (χ1) is 13.9. The van der Waals surface area contributed by atoms with E-state index in [0.717, 1.165) is 11.3 Å². The predicted octanol–water partition coefficient (Wildman–Crippen LogP) is 3.96. The molecular weight excluding hydrogens is 404 g/mol. The lowest BCUT2D eigenvalue weighted by Crippen LogP contribution is -2.31. The van der Waals surface area contributed by atoms with Crippen LogP contribution in [0.25, 0.3) is 0 Å². The fourth-order valence-corrected chi connectivity index (χ4v) is 3.81. The maximum atomic E-state index is 12.6. The van der Waals surface area contributed by atoms with Crippen LogP contribution in [0.4, 0.5) is 11.4 Å². The molecule has 0 radical (unpaired) electrons. The molecule has 0 saturated heterocycles. The highest BCUT2D eigenvalue weighted by atomic mass is 32.2. The minimum atomic E-state index is -3.68. The first kappa shape index (κ1) is 20.5. The number of hydrogen-bond donors (Lipinski definition) is 2. The number of anilines is 2. The second-order valence-electron chi connectivity index (χ2n) is 6.17. The molecule has 0 spiro atoms. The Morgan fingerprint density at radius 1 is 0.931 bits per heavy atom. The van der Waals surface area contributed by atoms with Gasteiger partial charge in [-0.2, -0.15) is 5.10 Å². The number of hydrazone groups is 1. The van der Waals surface area contributed by atoms with E-state index in [9.17, 15) is 8.42 Å². The van der Waals surface area contributed by atoms with Gasteiger partial charge in [0.2, 0.25) is 0 Å². The Bertz CT molecular complexity index is 1110. The molecule has 0 saturated carbocycles. The SMILES string of the molecule is C/C(=N\N(C(N)=S)c1ccccc1)c1ccc(S(=O)(=O)Nc2ccccc2)cc1. The fourth-order valence-electron chi connectivity index (χ4n) is 2.61. The fraction of sp³-hybridized carbons (Fsp3) is 0.0476. The summed E-state index contributed by atoms with van der Waals surface area (Å²) >= 11 is 5.11. The van der Waals surface area contributed by atoms with Crippen LogP contribution in [-0.2, 0) is 10.0 Å². The Hall–Kier alpha value is -3.23. The topological polar surface area (TPSA) is 87.8 Å². The number of benzene rings is 3. The van der Waals surface area contributed by atoms with E-state index in [-0.39, 0.29) is 10.0 Å². The van der Waals surface area contributed by atoms with E-state index in [4.69, 9.17) is 18.0 Å². The third-order valence-electron chi connectivity index (χ3n) is 4.07. The number of nitrogens with zero attached hydrogens (tertiary/aromatic N) is 2. The molecule has 0 atom stereocenters. The summed E-state index contributed by atoms with van der Waals surface area (Å²) in [6.07, 6.45) is 0. The van der Waals surface area contributed by atoms with Crippen molar-refractivity contribution < 1.29 is 8.42 Å². The van der Waals surface area contributed by atoms with Gasteiger partial charge in [0.05, 0.1) is 16.3 Å². The van der Waals surface area contributed by atoms with Gasteiger partial charge in [-0.3, -0.25) is 4.72 Å². The highest BCUT2D eigenvalue weighted by Gasteiger charge is 2.15. The Labute approximate surface area is 175 Å². The third-order valence-corrected chi connectivity index (χ3v) is 5.64. The van der Waals surface area contributed by atoms with Gasteiger partial charge in [0.25, 0.3) is 10.0 Å². The zero-order valence-electron chi connectivity index (χ0n) is 15.7. The highest BCUT2D eigenvalue weighted by Crippen LogP contribution is 2.18. The van der Waals surface area contributed by atoms with Gasteiger partial charge in [0, 0.05) is 5.69 Å². The Balaban J connectivity index is 1.83. The smallest absolute Gasteiger partial charge is 0.261 e. The maximum absolute atomic E-state index is 12.6. The first-order valence-electron chi connectivity index (χ1n) is 8.75. The van der Waals surface area contributed by atoms with Gasteiger partial charge in [-0.15, -0.1) is 0 Å². The molecule has 0 heterocycles. The van der Waals surface area contributed by atoms with Crippen LogP contribution in [0.1, 0.15) is 12.5 Å². The van der Waals surface area contributed by atoms with Crippen LogP contribution in [0, 0.1) is 0 Å². The molecule has 29 heavy (non-hydrogen) atoms. The molecule has 148 valence electrons. The first-order valence-corrected chi connectivity index (χ1v) is 10.6. The molecule has 0 bridgehead atoms. The van der Waals surface area contributed by atoms with Crippen LogP contribution in [0.5, 0.6) is 0 Å². The van der Waals surface area contributed by atoms with E-state index in [1.54, 1.807) is 43.3 Å². The monoisotopic (exact) mass is 424 g/mol. The van der Waals surface area contributed by atoms with Crippen molar-refractivity contribution in [2.45, 2.75) is 11.8 Å². The molecule has 3 N–H and O–H groups in total. The van der Waals surface area contributed by atoms with E-state index in [0.29, 0.717) is 11.4 Å². The number of nitrogens with one attached hydrogen (secondary N) is 1. The van der Waals surface area contributed by atoms with Crippen molar-refractivity contribution in [3.8, 4) is 0 Å². The molecule has 0 aromatic heterocycles.